The molecule has 3 heterocycles. The molecular formula is C33H42N4O7S. The van der Waals surface area contributed by atoms with Crippen LogP contribution in [0.3, 0.4) is 0 Å². The number of carbonyl (C=O) groups is 3. The predicted octanol–water partition coefficient (Wildman–Crippen LogP) is 3.59. The van der Waals surface area contributed by atoms with Crippen molar-refractivity contribution < 1.29 is 32.0 Å². The number of Topliss-reactive ketones (excluding diaryl/α,β-unsaturated/α-hetero) is 1. The second-order valence-corrected chi connectivity index (χ2v) is 14.0. The number of rotatable bonds is 11. The van der Waals surface area contributed by atoms with Crippen molar-refractivity contribution in [2.24, 2.45) is 5.92 Å². The van der Waals surface area contributed by atoms with Crippen molar-refractivity contribution in [3.05, 3.63) is 60.4 Å². The topological polar surface area (TPSA) is 138 Å². The van der Waals surface area contributed by atoms with Gasteiger partial charge in [-0.25, -0.2) is 8.42 Å². The fourth-order valence-corrected chi connectivity index (χ4v) is 7.27. The van der Waals surface area contributed by atoms with E-state index in [1.165, 1.54) is 31.4 Å². The molecule has 242 valence electrons. The number of likely N-dealkylation sites (tertiary alicyclic amines) is 1. The number of carbonyl (C=O) groups excluding carboxylic acids is 3. The number of benzene rings is 2. The van der Waals surface area contributed by atoms with Gasteiger partial charge >= 0.3 is 0 Å². The lowest BCUT2D eigenvalue weighted by molar-refractivity contribution is -0.129. The van der Waals surface area contributed by atoms with Gasteiger partial charge in [-0.1, -0.05) is 38.5 Å². The van der Waals surface area contributed by atoms with E-state index in [-0.39, 0.29) is 36.1 Å². The molecule has 2 N–H and O–H groups in total. The molecule has 2 saturated heterocycles. The Morgan fingerprint density at radius 3 is 2.49 bits per heavy atom. The van der Waals surface area contributed by atoms with Crippen LogP contribution in [0.1, 0.15) is 56.5 Å². The molecule has 0 aliphatic carbocycles. The first-order chi connectivity index (χ1) is 21.6. The Labute approximate surface area is 264 Å². The number of nitrogens with one attached hydrogen (secondary N) is 2. The fraction of sp³-hybridized carbons (Fsp3) is 0.485. The van der Waals surface area contributed by atoms with Crippen LogP contribution in [0.4, 0.5) is 0 Å². The summed E-state index contributed by atoms with van der Waals surface area (Å²) in [5, 5.41) is 6.22. The largest absolute Gasteiger partial charge is 0.492 e. The Kier molecular flexibility index (Phi) is 10.6. The number of hydrogen-bond donors (Lipinski definition) is 2. The summed E-state index contributed by atoms with van der Waals surface area (Å²) < 4.78 is 39.1. The number of amides is 2. The van der Waals surface area contributed by atoms with Gasteiger partial charge < -0.3 is 19.8 Å². The van der Waals surface area contributed by atoms with Crippen LogP contribution >= 0.6 is 0 Å². The maximum Gasteiger partial charge on any atom is 0.287 e. The molecule has 0 bridgehead atoms. The smallest absolute Gasteiger partial charge is 0.287 e. The summed E-state index contributed by atoms with van der Waals surface area (Å²) in [6, 6.07) is 13.2. The van der Waals surface area contributed by atoms with Crippen LogP contribution in [0.15, 0.2) is 63.9 Å². The number of ether oxygens (including phenoxy) is 1. The average molecular weight is 639 g/mol. The number of furan rings is 1. The summed E-state index contributed by atoms with van der Waals surface area (Å²) in [5.74, 6) is -1.03. The van der Waals surface area contributed by atoms with E-state index in [1.807, 2.05) is 12.1 Å². The highest BCUT2D eigenvalue weighted by atomic mass is 32.2. The first-order valence-corrected chi connectivity index (χ1v) is 17.1. The second kappa shape index (κ2) is 14.6. The molecule has 2 amide bonds. The van der Waals surface area contributed by atoms with Gasteiger partial charge in [0.05, 0.1) is 17.5 Å². The van der Waals surface area contributed by atoms with Crippen LogP contribution < -0.4 is 15.4 Å². The van der Waals surface area contributed by atoms with Gasteiger partial charge in [-0.05, 0) is 81.1 Å². The molecule has 2 aliphatic heterocycles. The van der Waals surface area contributed by atoms with Gasteiger partial charge in [-0.3, -0.25) is 19.3 Å². The molecule has 0 saturated carbocycles. The Hall–Kier alpha value is -3.74. The van der Waals surface area contributed by atoms with E-state index in [9.17, 15) is 22.8 Å². The van der Waals surface area contributed by atoms with E-state index in [0.29, 0.717) is 29.7 Å². The molecule has 1 aromatic heterocycles. The molecule has 2 unspecified atom stereocenters. The number of fused-ring (bicyclic) bond motifs is 1. The van der Waals surface area contributed by atoms with Crippen molar-refractivity contribution in [2.45, 2.75) is 62.9 Å². The van der Waals surface area contributed by atoms with Crippen LogP contribution in [0, 0.1) is 5.92 Å². The highest BCUT2D eigenvalue weighted by Gasteiger charge is 2.35. The lowest BCUT2D eigenvalue weighted by Crippen LogP contribution is -2.54. The fourth-order valence-electron chi connectivity index (χ4n) is 5.80. The lowest BCUT2D eigenvalue weighted by atomic mass is 10.0. The first-order valence-electron chi connectivity index (χ1n) is 15.7. The quantitative estimate of drug-likeness (QED) is 0.325. The number of sulfonamides is 1. The molecule has 11 nitrogen and oxygen atoms in total. The maximum atomic E-state index is 13.3. The number of piperidine rings is 1. The molecule has 3 aromatic rings. The van der Waals surface area contributed by atoms with E-state index in [0.717, 1.165) is 23.9 Å². The van der Waals surface area contributed by atoms with E-state index < -0.39 is 39.7 Å². The predicted molar refractivity (Wildman–Crippen MR) is 169 cm³/mol. The Bertz CT molecular complexity index is 1600. The van der Waals surface area contributed by atoms with E-state index in [4.69, 9.17) is 9.15 Å². The summed E-state index contributed by atoms with van der Waals surface area (Å²) in [6.07, 6.45) is 4.42. The summed E-state index contributed by atoms with van der Waals surface area (Å²) in [4.78, 5) is 42.2. The van der Waals surface area contributed by atoms with Crippen molar-refractivity contribution in [2.75, 3.05) is 39.3 Å². The van der Waals surface area contributed by atoms with Gasteiger partial charge in [0.25, 0.3) is 5.91 Å². The minimum atomic E-state index is -3.85. The Morgan fingerprint density at radius 1 is 1.00 bits per heavy atom. The highest BCUT2D eigenvalue weighted by molar-refractivity contribution is 7.89. The minimum Gasteiger partial charge on any atom is -0.492 e. The van der Waals surface area contributed by atoms with Gasteiger partial charge in [0.15, 0.2) is 11.5 Å². The SMILES string of the molecule is CC(C)C(NC(=O)c1cc2cc(OCCN3CCCCC3)ccc2o1)C(=O)NC1CCCN(S(=O)(=O)c2ccccc2)CC1=O. The molecule has 5 rings (SSSR count). The van der Waals surface area contributed by atoms with Crippen LogP contribution in [0.5, 0.6) is 5.75 Å². The monoisotopic (exact) mass is 638 g/mol. The average Bonchev–Trinajstić information content (AvgIpc) is 3.37. The Morgan fingerprint density at radius 2 is 1.76 bits per heavy atom. The highest BCUT2D eigenvalue weighted by Crippen LogP contribution is 2.25. The molecule has 2 fully saturated rings. The van der Waals surface area contributed by atoms with Crippen molar-refractivity contribution in [1.29, 1.82) is 0 Å². The molecule has 0 spiro atoms. The van der Waals surface area contributed by atoms with Gasteiger partial charge in [0.1, 0.15) is 24.0 Å². The van der Waals surface area contributed by atoms with Crippen molar-refractivity contribution >= 4 is 38.6 Å². The molecule has 0 radical (unpaired) electrons. The van der Waals surface area contributed by atoms with Crippen molar-refractivity contribution in [3.8, 4) is 5.75 Å². The molecule has 12 heteroatoms. The molecule has 2 aliphatic rings. The third-order valence-corrected chi connectivity index (χ3v) is 10.3. The van der Waals surface area contributed by atoms with Crippen molar-refractivity contribution in [3.63, 3.8) is 0 Å². The standard InChI is InChI=1S/C33H42N4O7S/c1-23(2)31(33(40)34-27-12-9-17-37(22-28(27)38)45(41,42)26-10-5-3-6-11-26)35-32(39)30-21-24-20-25(13-14-29(24)44-30)43-19-18-36-15-7-4-8-16-36/h3,5-6,10-11,13-14,20-21,23,27,31H,4,7-9,12,15-19,22H2,1-2H3,(H,34,40)(H,35,39). The minimum absolute atomic E-state index is 0.0567. The summed E-state index contributed by atoms with van der Waals surface area (Å²) in [5.41, 5.74) is 0.521. The lowest BCUT2D eigenvalue weighted by Gasteiger charge is -2.26. The zero-order chi connectivity index (χ0) is 32.0. The van der Waals surface area contributed by atoms with Crippen LogP contribution in [0.25, 0.3) is 11.0 Å². The zero-order valence-electron chi connectivity index (χ0n) is 25.9. The van der Waals surface area contributed by atoms with Crippen LogP contribution in [-0.2, 0) is 19.6 Å². The van der Waals surface area contributed by atoms with Crippen LogP contribution in [0.2, 0.25) is 0 Å². The number of ketones is 1. The zero-order valence-corrected chi connectivity index (χ0v) is 26.7. The third-order valence-electron chi connectivity index (χ3n) is 8.39. The molecular weight excluding hydrogens is 596 g/mol. The van der Waals surface area contributed by atoms with E-state index >= 15 is 0 Å². The Balaban J connectivity index is 1.18. The van der Waals surface area contributed by atoms with Crippen molar-refractivity contribution in [1.82, 2.24) is 19.8 Å². The summed E-state index contributed by atoms with van der Waals surface area (Å²) >= 11 is 0. The summed E-state index contributed by atoms with van der Waals surface area (Å²) in [7, 11) is -3.85. The molecule has 45 heavy (non-hydrogen) atoms. The maximum absolute atomic E-state index is 13.3. The summed E-state index contributed by atoms with van der Waals surface area (Å²) in [6.45, 7) is 7.05. The van der Waals surface area contributed by atoms with Gasteiger partial charge in [0, 0.05) is 18.5 Å². The first kappa shape index (κ1) is 32.6. The van der Waals surface area contributed by atoms with Crippen LogP contribution in [-0.4, -0.2) is 86.6 Å². The van der Waals surface area contributed by atoms with E-state index in [2.05, 4.69) is 15.5 Å². The molecule has 2 atom stereocenters. The van der Waals surface area contributed by atoms with Gasteiger partial charge in [-0.15, -0.1) is 0 Å². The molecule has 2 aromatic carbocycles. The number of hydrogen-bond acceptors (Lipinski definition) is 8. The second-order valence-electron chi connectivity index (χ2n) is 12.1. The van der Waals surface area contributed by atoms with Gasteiger partial charge in [-0.2, -0.15) is 4.31 Å². The van der Waals surface area contributed by atoms with E-state index in [1.54, 1.807) is 44.2 Å². The normalized spacial score (nSPS) is 19.3. The third kappa shape index (κ3) is 8.11. The van der Waals surface area contributed by atoms with Gasteiger partial charge in [0.2, 0.25) is 15.9 Å². The number of nitrogens with zero attached hydrogens (tertiary/aromatic N) is 2.